The second-order valence-electron chi connectivity index (χ2n) is 6.14. The highest BCUT2D eigenvalue weighted by Crippen LogP contribution is 2.29. The van der Waals surface area contributed by atoms with Gasteiger partial charge in [0.05, 0.1) is 16.8 Å². The standard InChI is InChI=1S/C17H17ClN4O2/c18-15-4-3-14(13-5-7-24-16(13)15)17(23)21-6-1-2-12(8-21)9-22-11-19-10-20-22/h3-5,7,10-12H,1-2,6,8-9H2. The van der Waals surface area contributed by atoms with E-state index in [1.165, 1.54) is 6.33 Å². The molecule has 7 heteroatoms. The van der Waals surface area contributed by atoms with E-state index in [9.17, 15) is 4.79 Å². The number of nitrogens with zero attached hydrogens (tertiary/aromatic N) is 4. The van der Waals surface area contributed by atoms with Crippen LogP contribution in [-0.2, 0) is 6.54 Å². The molecule has 1 aliphatic rings. The number of piperidine rings is 1. The minimum Gasteiger partial charge on any atom is -0.463 e. The first-order valence-electron chi connectivity index (χ1n) is 8.00. The van der Waals surface area contributed by atoms with Crippen molar-refractivity contribution in [1.29, 1.82) is 0 Å². The average molecular weight is 345 g/mol. The molecule has 124 valence electrons. The maximum absolute atomic E-state index is 13.0. The molecule has 2 aromatic heterocycles. The van der Waals surface area contributed by atoms with Crippen molar-refractivity contribution >= 4 is 28.5 Å². The topological polar surface area (TPSA) is 64.2 Å². The zero-order valence-electron chi connectivity index (χ0n) is 13.1. The number of halogens is 1. The van der Waals surface area contributed by atoms with E-state index in [0.717, 1.165) is 37.9 Å². The van der Waals surface area contributed by atoms with Gasteiger partial charge in [-0.25, -0.2) is 4.98 Å². The van der Waals surface area contributed by atoms with Crippen LogP contribution in [0.2, 0.25) is 5.02 Å². The molecular formula is C17H17ClN4O2. The predicted molar refractivity (Wildman–Crippen MR) is 89.9 cm³/mol. The second-order valence-corrected chi connectivity index (χ2v) is 6.54. The summed E-state index contributed by atoms with van der Waals surface area (Å²) in [6, 6.07) is 5.30. The van der Waals surface area contributed by atoms with Gasteiger partial charge in [-0.15, -0.1) is 0 Å². The molecule has 1 aliphatic heterocycles. The van der Waals surface area contributed by atoms with E-state index in [0.29, 0.717) is 22.1 Å². The maximum Gasteiger partial charge on any atom is 0.254 e. The molecule has 0 radical (unpaired) electrons. The van der Waals surface area contributed by atoms with Crippen molar-refractivity contribution in [3.05, 3.63) is 47.7 Å². The van der Waals surface area contributed by atoms with Gasteiger partial charge < -0.3 is 9.32 Å². The lowest BCUT2D eigenvalue weighted by atomic mass is 9.97. The van der Waals surface area contributed by atoms with Gasteiger partial charge in [0.2, 0.25) is 0 Å². The fourth-order valence-corrected chi connectivity index (χ4v) is 3.58. The largest absolute Gasteiger partial charge is 0.463 e. The molecule has 24 heavy (non-hydrogen) atoms. The summed E-state index contributed by atoms with van der Waals surface area (Å²) in [7, 11) is 0. The van der Waals surface area contributed by atoms with Gasteiger partial charge in [-0.1, -0.05) is 11.6 Å². The van der Waals surface area contributed by atoms with Crippen molar-refractivity contribution in [3.8, 4) is 0 Å². The lowest BCUT2D eigenvalue weighted by molar-refractivity contribution is 0.0661. The summed E-state index contributed by atoms with van der Waals surface area (Å²) in [5.41, 5.74) is 1.21. The minimum atomic E-state index is 0.0290. The number of fused-ring (bicyclic) bond motifs is 1. The fourth-order valence-electron chi connectivity index (χ4n) is 3.38. The normalized spacial score (nSPS) is 18.2. The highest BCUT2D eigenvalue weighted by Gasteiger charge is 2.26. The fraction of sp³-hybridized carbons (Fsp3) is 0.353. The first-order chi connectivity index (χ1) is 11.7. The smallest absolute Gasteiger partial charge is 0.254 e. The number of hydrogen-bond acceptors (Lipinski definition) is 4. The van der Waals surface area contributed by atoms with Crippen LogP contribution in [0.1, 0.15) is 23.2 Å². The van der Waals surface area contributed by atoms with Crippen LogP contribution in [0.5, 0.6) is 0 Å². The Labute approximate surface area is 144 Å². The second kappa shape index (κ2) is 6.28. The molecule has 1 aromatic carbocycles. The van der Waals surface area contributed by atoms with Crippen LogP contribution in [0, 0.1) is 5.92 Å². The van der Waals surface area contributed by atoms with Gasteiger partial charge in [0.15, 0.2) is 5.58 Å². The number of hydrogen-bond donors (Lipinski definition) is 0. The summed E-state index contributed by atoms with van der Waals surface area (Å²) < 4.78 is 7.23. The van der Waals surface area contributed by atoms with E-state index < -0.39 is 0 Å². The van der Waals surface area contributed by atoms with Crippen LogP contribution in [0.4, 0.5) is 0 Å². The highest BCUT2D eigenvalue weighted by atomic mass is 35.5. The van der Waals surface area contributed by atoms with Gasteiger partial charge >= 0.3 is 0 Å². The molecular weight excluding hydrogens is 328 g/mol. The van der Waals surface area contributed by atoms with Crippen LogP contribution >= 0.6 is 11.6 Å². The molecule has 1 unspecified atom stereocenters. The number of amides is 1. The Kier molecular flexibility index (Phi) is 3.98. The van der Waals surface area contributed by atoms with Crippen LogP contribution in [0.3, 0.4) is 0 Å². The Balaban J connectivity index is 1.55. The van der Waals surface area contributed by atoms with Gasteiger partial charge in [0.1, 0.15) is 12.7 Å². The molecule has 1 fully saturated rings. The van der Waals surface area contributed by atoms with Gasteiger partial charge in [-0.3, -0.25) is 9.48 Å². The number of carbonyl (C=O) groups is 1. The molecule has 6 nitrogen and oxygen atoms in total. The quantitative estimate of drug-likeness (QED) is 0.731. The van der Waals surface area contributed by atoms with Crippen molar-refractivity contribution in [1.82, 2.24) is 19.7 Å². The molecule has 1 saturated heterocycles. The van der Waals surface area contributed by atoms with E-state index in [-0.39, 0.29) is 5.91 Å². The van der Waals surface area contributed by atoms with Gasteiger partial charge in [0, 0.05) is 25.0 Å². The first-order valence-corrected chi connectivity index (χ1v) is 8.37. The van der Waals surface area contributed by atoms with Crippen molar-refractivity contribution in [2.45, 2.75) is 19.4 Å². The molecule has 3 heterocycles. The number of furan rings is 1. The Morgan fingerprint density at radius 1 is 1.38 bits per heavy atom. The number of benzene rings is 1. The predicted octanol–water partition coefficient (Wildman–Crippen LogP) is 3.23. The van der Waals surface area contributed by atoms with Gasteiger partial charge in [0.25, 0.3) is 5.91 Å². The van der Waals surface area contributed by atoms with Crippen LogP contribution < -0.4 is 0 Å². The third-order valence-corrected chi connectivity index (χ3v) is 4.81. The third-order valence-electron chi connectivity index (χ3n) is 4.52. The molecule has 0 N–H and O–H groups in total. The van der Waals surface area contributed by atoms with E-state index in [1.807, 2.05) is 9.58 Å². The lowest BCUT2D eigenvalue weighted by Gasteiger charge is -2.32. The minimum absolute atomic E-state index is 0.0290. The number of carbonyl (C=O) groups excluding carboxylic acids is 1. The van der Waals surface area contributed by atoms with Crippen LogP contribution in [0.15, 0.2) is 41.5 Å². The Morgan fingerprint density at radius 3 is 3.12 bits per heavy atom. The van der Waals surface area contributed by atoms with E-state index in [2.05, 4.69) is 10.1 Å². The third kappa shape index (κ3) is 2.78. The van der Waals surface area contributed by atoms with Crippen molar-refractivity contribution in [2.24, 2.45) is 5.92 Å². The van der Waals surface area contributed by atoms with Gasteiger partial charge in [-0.2, -0.15) is 5.10 Å². The van der Waals surface area contributed by atoms with Crippen LogP contribution in [0.25, 0.3) is 11.0 Å². The van der Waals surface area contributed by atoms with Crippen molar-refractivity contribution < 1.29 is 9.21 Å². The molecule has 1 atom stereocenters. The Bertz CT molecular complexity index is 859. The molecule has 1 amide bonds. The van der Waals surface area contributed by atoms with Gasteiger partial charge in [-0.05, 0) is 37.0 Å². The molecule has 0 aliphatic carbocycles. The molecule has 0 spiro atoms. The van der Waals surface area contributed by atoms with E-state index in [1.54, 1.807) is 30.8 Å². The summed E-state index contributed by atoms with van der Waals surface area (Å²) in [5, 5.41) is 5.45. The number of rotatable bonds is 3. The SMILES string of the molecule is O=C(c1ccc(Cl)c2occc12)N1CCCC(Cn2cncn2)C1. The Hall–Kier alpha value is -2.34. The zero-order chi connectivity index (χ0) is 16.5. The Morgan fingerprint density at radius 2 is 2.29 bits per heavy atom. The molecule has 3 aromatic rings. The number of aromatic nitrogens is 3. The number of likely N-dealkylation sites (tertiary alicyclic amines) is 1. The molecule has 0 saturated carbocycles. The van der Waals surface area contributed by atoms with E-state index >= 15 is 0 Å². The lowest BCUT2D eigenvalue weighted by Crippen LogP contribution is -2.41. The van der Waals surface area contributed by atoms with Crippen molar-refractivity contribution in [2.75, 3.05) is 13.1 Å². The summed E-state index contributed by atoms with van der Waals surface area (Å²) in [4.78, 5) is 18.9. The van der Waals surface area contributed by atoms with Crippen LogP contribution in [-0.4, -0.2) is 38.7 Å². The summed E-state index contributed by atoms with van der Waals surface area (Å²) in [6.45, 7) is 2.28. The summed E-state index contributed by atoms with van der Waals surface area (Å²) in [6.07, 6.45) is 6.90. The molecule has 4 rings (SSSR count). The van der Waals surface area contributed by atoms with E-state index in [4.69, 9.17) is 16.0 Å². The molecule has 0 bridgehead atoms. The first kappa shape index (κ1) is 15.2. The monoisotopic (exact) mass is 344 g/mol. The summed E-state index contributed by atoms with van der Waals surface area (Å²) >= 11 is 6.13. The zero-order valence-corrected chi connectivity index (χ0v) is 13.8. The summed E-state index contributed by atoms with van der Waals surface area (Å²) in [5.74, 6) is 0.415. The average Bonchev–Trinajstić information content (AvgIpc) is 3.27. The maximum atomic E-state index is 13.0. The van der Waals surface area contributed by atoms with Crippen molar-refractivity contribution in [3.63, 3.8) is 0 Å². The highest BCUT2D eigenvalue weighted by molar-refractivity contribution is 6.35.